The fourth-order valence-corrected chi connectivity index (χ4v) is 2.83. The average Bonchev–Trinajstić information content (AvgIpc) is 2.89. The molecular weight excluding hydrogens is 240 g/mol. The highest BCUT2D eigenvalue weighted by Crippen LogP contribution is 2.38. The van der Waals surface area contributed by atoms with Crippen molar-refractivity contribution < 1.29 is 24.2 Å². The van der Waals surface area contributed by atoms with Crippen molar-refractivity contribution in [1.82, 2.24) is 9.80 Å². The van der Waals surface area contributed by atoms with E-state index in [1.165, 1.54) is 16.9 Å². The van der Waals surface area contributed by atoms with Crippen LogP contribution in [-0.2, 0) is 14.3 Å². The number of rotatable bonds is 2. The number of carboxylic acid groups (broad SMARTS) is 1. The predicted octanol–water partition coefficient (Wildman–Crippen LogP) is -0.0957. The molecule has 0 aromatic heterocycles. The fourth-order valence-electron chi connectivity index (χ4n) is 2.83. The lowest BCUT2D eigenvalue weighted by Crippen LogP contribution is -2.52. The lowest BCUT2D eigenvalue weighted by atomic mass is 9.94. The highest BCUT2D eigenvalue weighted by molar-refractivity contribution is 5.94. The summed E-state index contributed by atoms with van der Waals surface area (Å²) in [5, 5.41) is 9.13. The third kappa shape index (κ3) is 1.79. The number of ether oxygens (including phenoxy) is 1. The predicted molar refractivity (Wildman–Crippen MR) is 59.9 cm³/mol. The summed E-state index contributed by atoms with van der Waals surface area (Å²) in [6.45, 7) is 0.676. The topological polar surface area (TPSA) is 87.2 Å². The molecule has 1 atom stereocenters. The van der Waals surface area contributed by atoms with Gasteiger partial charge in [0.1, 0.15) is 12.1 Å². The Balaban J connectivity index is 2.15. The smallest absolute Gasteiger partial charge is 0.408 e. The van der Waals surface area contributed by atoms with Gasteiger partial charge in [0.15, 0.2) is 0 Å². The molecule has 7 heteroatoms. The van der Waals surface area contributed by atoms with Gasteiger partial charge in [0.05, 0.1) is 7.11 Å². The fraction of sp³-hybridized carbons (Fsp3) is 0.727. The number of methoxy groups -OCH3 is 1. The molecule has 0 saturated carbocycles. The molecule has 2 aliphatic rings. The normalized spacial score (nSPS) is 27.1. The number of nitrogens with zero attached hydrogens (tertiary/aromatic N) is 2. The summed E-state index contributed by atoms with van der Waals surface area (Å²) >= 11 is 0. The molecule has 18 heavy (non-hydrogen) atoms. The summed E-state index contributed by atoms with van der Waals surface area (Å²) in [7, 11) is 1.26. The van der Waals surface area contributed by atoms with Gasteiger partial charge in [0.25, 0.3) is 0 Å². The minimum absolute atomic E-state index is 0.107. The van der Waals surface area contributed by atoms with Crippen LogP contribution in [0.2, 0.25) is 0 Å². The molecule has 2 fully saturated rings. The molecule has 100 valence electrons. The second kappa shape index (κ2) is 4.47. The van der Waals surface area contributed by atoms with Crippen molar-refractivity contribution in [3.8, 4) is 0 Å². The Hall–Kier alpha value is -1.79. The summed E-state index contributed by atoms with van der Waals surface area (Å²) in [5.74, 6) is -0.756. The minimum atomic E-state index is -1.07. The summed E-state index contributed by atoms with van der Waals surface area (Å²) < 4.78 is 4.52. The molecule has 2 rings (SSSR count). The first-order valence-electron chi connectivity index (χ1n) is 5.88. The molecule has 0 aliphatic carbocycles. The van der Waals surface area contributed by atoms with Crippen molar-refractivity contribution in [3.63, 3.8) is 0 Å². The Kier molecular flexibility index (Phi) is 3.14. The SMILES string of the molecule is COC(=O)CN1CC[C@]2(CCCN2C(=O)O)C1=O. The van der Waals surface area contributed by atoms with E-state index in [-0.39, 0.29) is 12.5 Å². The maximum absolute atomic E-state index is 12.3. The molecular formula is C11H16N2O5. The molecule has 7 nitrogen and oxygen atoms in total. The van der Waals surface area contributed by atoms with Crippen LogP contribution in [0, 0.1) is 0 Å². The lowest BCUT2D eigenvalue weighted by molar-refractivity contribution is -0.147. The number of carbonyl (C=O) groups excluding carboxylic acids is 2. The van der Waals surface area contributed by atoms with E-state index in [1.807, 2.05) is 0 Å². The van der Waals surface area contributed by atoms with Gasteiger partial charge in [-0.25, -0.2) is 4.79 Å². The molecule has 2 amide bonds. The number of amides is 2. The van der Waals surface area contributed by atoms with E-state index in [1.54, 1.807) is 0 Å². The van der Waals surface area contributed by atoms with Crippen LogP contribution in [0.4, 0.5) is 4.79 Å². The van der Waals surface area contributed by atoms with Crippen LogP contribution in [0.3, 0.4) is 0 Å². The molecule has 1 N–H and O–H groups in total. The summed E-state index contributed by atoms with van der Waals surface area (Å²) in [6.07, 6.45) is 0.607. The van der Waals surface area contributed by atoms with Gasteiger partial charge in [-0.1, -0.05) is 0 Å². The molecule has 0 unspecified atom stereocenters. The van der Waals surface area contributed by atoms with Crippen LogP contribution < -0.4 is 0 Å². The Morgan fingerprint density at radius 1 is 1.39 bits per heavy atom. The molecule has 2 aliphatic heterocycles. The van der Waals surface area contributed by atoms with Gasteiger partial charge in [-0.2, -0.15) is 0 Å². The maximum atomic E-state index is 12.3. The number of esters is 1. The van der Waals surface area contributed by atoms with E-state index in [0.29, 0.717) is 32.4 Å². The van der Waals surface area contributed by atoms with E-state index in [2.05, 4.69) is 4.74 Å². The van der Waals surface area contributed by atoms with Gasteiger partial charge in [-0.3, -0.25) is 14.5 Å². The molecule has 0 radical (unpaired) electrons. The van der Waals surface area contributed by atoms with E-state index in [4.69, 9.17) is 5.11 Å². The number of carbonyl (C=O) groups is 3. The minimum Gasteiger partial charge on any atom is -0.468 e. The van der Waals surface area contributed by atoms with Crippen LogP contribution in [0.15, 0.2) is 0 Å². The zero-order valence-corrected chi connectivity index (χ0v) is 10.2. The molecule has 0 aromatic carbocycles. The maximum Gasteiger partial charge on any atom is 0.408 e. The van der Waals surface area contributed by atoms with Gasteiger partial charge in [-0.05, 0) is 19.3 Å². The van der Waals surface area contributed by atoms with Crippen LogP contribution in [-0.4, -0.2) is 65.2 Å². The number of hydrogen-bond donors (Lipinski definition) is 1. The standard InChI is InChI=1S/C11H16N2O5/c1-18-8(14)7-12-6-4-11(9(12)15)3-2-5-13(11)10(16)17/h2-7H2,1H3,(H,16,17)/t11-/m1/s1. The van der Waals surface area contributed by atoms with Gasteiger partial charge in [0, 0.05) is 13.1 Å². The largest absolute Gasteiger partial charge is 0.468 e. The van der Waals surface area contributed by atoms with Gasteiger partial charge in [-0.15, -0.1) is 0 Å². The molecule has 0 aromatic rings. The van der Waals surface area contributed by atoms with E-state index < -0.39 is 17.6 Å². The van der Waals surface area contributed by atoms with Crippen molar-refractivity contribution in [1.29, 1.82) is 0 Å². The van der Waals surface area contributed by atoms with Crippen LogP contribution in [0.1, 0.15) is 19.3 Å². The van der Waals surface area contributed by atoms with Crippen molar-refractivity contribution in [2.24, 2.45) is 0 Å². The molecule has 1 spiro atoms. The van der Waals surface area contributed by atoms with Crippen molar-refractivity contribution in [3.05, 3.63) is 0 Å². The summed E-state index contributed by atoms with van der Waals surface area (Å²) in [5.41, 5.74) is -0.945. The van der Waals surface area contributed by atoms with Crippen molar-refractivity contribution in [2.75, 3.05) is 26.7 Å². The van der Waals surface area contributed by atoms with Gasteiger partial charge < -0.3 is 14.7 Å². The number of likely N-dealkylation sites (tertiary alicyclic amines) is 2. The molecule has 2 saturated heterocycles. The van der Waals surface area contributed by atoms with Crippen LogP contribution >= 0.6 is 0 Å². The summed E-state index contributed by atoms with van der Waals surface area (Å²) in [4.78, 5) is 37.2. The molecule has 2 heterocycles. The first-order chi connectivity index (χ1) is 8.51. The Bertz CT molecular complexity index is 397. The second-order valence-electron chi connectivity index (χ2n) is 4.62. The van der Waals surface area contributed by atoms with Crippen LogP contribution in [0.5, 0.6) is 0 Å². The Morgan fingerprint density at radius 2 is 2.11 bits per heavy atom. The quantitative estimate of drug-likeness (QED) is 0.697. The monoisotopic (exact) mass is 256 g/mol. The first-order valence-corrected chi connectivity index (χ1v) is 5.88. The zero-order chi connectivity index (χ0) is 13.3. The highest BCUT2D eigenvalue weighted by Gasteiger charge is 2.55. The van der Waals surface area contributed by atoms with E-state index in [9.17, 15) is 14.4 Å². The average molecular weight is 256 g/mol. The third-order valence-electron chi connectivity index (χ3n) is 3.75. The number of hydrogen-bond acceptors (Lipinski definition) is 4. The third-order valence-corrected chi connectivity index (χ3v) is 3.75. The zero-order valence-electron chi connectivity index (χ0n) is 10.2. The molecule has 0 bridgehead atoms. The first kappa shape index (κ1) is 12.7. The van der Waals surface area contributed by atoms with E-state index in [0.717, 1.165) is 0 Å². The van der Waals surface area contributed by atoms with Crippen molar-refractivity contribution in [2.45, 2.75) is 24.8 Å². The summed E-state index contributed by atoms with van der Waals surface area (Å²) in [6, 6.07) is 0. The van der Waals surface area contributed by atoms with E-state index >= 15 is 0 Å². The van der Waals surface area contributed by atoms with Gasteiger partial charge >= 0.3 is 12.1 Å². The lowest BCUT2D eigenvalue weighted by Gasteiger charge is -2.30. The van der Waals surface area contributed by atoms with Crippen LogP contribution in [0.25, 0.3) is 0 Å². The van der Waals surface area contributed by atoms with Crippen molar-refractivity contribution >= 4 is 18.0 Å². The second-order valence-corrected chi connectivity index (χ2v) is 4.62. The Labute approximate surface area is 104 Å². The Morgan fingerprint density at radius 3 is 2.72 bits per heavy atom. The van der Waals surface area contributed by atoms with Gasteiger partial charge in [0.2, 0.25) is 5.91 Å². The highest BCUT2D eigenvalue weighted by atomic mass is 16.5.